The second-order valence-electron chi connectivity index (χ2n) is 5.22. The van der Waals surface area contributed by atoms with E-state index in [9.17, 15) is 4.79 Å². The number of rotatable bonds is 4. The molecule has 1 amide bonds. The van der Waals surface area contributed by atoms with Crippen LogP contribution in [0.15, 0.2) is 12.1 Å². The molecule has 19 heavy (non-hydrogen) atoms. The van der Waals surface area contributed by atoms with E-state index in [0.29, 0.717) is 17.3 Å². The van der Waals surface area contributed by atoms with Crippen LogP contribution in [0, 0.1) is 5.41 Å². The molecule has 1 heterocycles. The summed E-state index contributed by atoms with van der Waals surface area (Å²) in [6.45, 7) is 2.90. The fraction of sp³-hybridized carbons (Fsp3) is 0.571. The van der Waals surface area contributed by atoms with Gasteiger partial charge >= 0.3 is 0 Å². The molecule has 1 aliphatic carbocycles. The fourth-order valence-corrected chi connectivity index (χ4v) is 3.16. The van der Waals surface area contributed by atoms with Crippen LogP contribution in [0.4, 0.5) is 0 Å². The maximum absolute atomic E-state index is 12.1. The molecule has 0 aliphatic heterocycles. The number of carbonyl (C=O) groups is 1. The Morgan fingerprint density at radius 1 is 1.37 bits per heavy atom. The average Bonchev–Trinajstić information content (AvgIpc) is 2.85. The summed E-state index contributed by atoms with van der Waals surface area (Å²) in [4.78, 5) is 16.0. The normalized spacial score (nSPS) is 17.4. The second-order valence-corrected chi connectivity index (χ2v) is 5.96. The number of halogens is 2. The van der Waals surface area contributed by atoms with E-state index in [4.69, 9.17) is 23.2 Å². The summed E-state index contributed by atoms with van der Waals surface area (Å²) in [5.41, 5.74) is 0.650. The Morgan fingerprint density at radius 2 is 2.05 bits per heavy atom. The maximum atomic E-state index is 12.1. The summed E-state index contributed by atoms with van der Waals surface area (Å²) >= 11 is 11.7. The third-order valence-corrected chi connectivity index (χ3v) is 4.60. The number of hydrogen-bond acceptors (Lipinski definition) is 2. The molecule has 0 saturated heterocycles. The van der Waals surface area contributed by atoms with Gasteiger partial charge < -0.3 is 5.32 Å². The van der Waals surface area contributed by atoms with Crippen LogP contribution in [0.1, 0.15) is 49.4 Å². The molecule has 0 aromatic carbocycles. The van der Waals surface area contributed by atoms with Crippen molar-refractivity contribution in [3.63, 3.8) is 0 Å². The van der Waals surface area contributed by atoms with Gasteiger partial charge in [-0.15, -0.1) is 0 Å². The van der Waals surface area contributed by atoms with Gasteiger partial charge in [0.05, 0.1) is 5.56 Å². The fourth-order valence-electron chi connectivity index (χ4n) is 2.72. The van der Waals surface area contributed by atoms with Crippen molar-refractivity contribution in [2.45, 2.75) is 39.0 Å². The molecule has 1 aromatic rings. The smallest absolute Gasteiger partial charge is 0.254 e. The number of aromatic nitrogens is 1. The van der Waals surface area contributed by atoms with Gasteiger partial charge in [0, 0.05) is 6.54 Å². The number of amides is 1. The van der Waals surface area contributed by atoms with E-state index in [0.717, 1.165) is 6.42 Å². The van der Waals surface area contributed by atoms with Crippen LogP contribution in [0.2, 0.25) is 10.3 Å². The lowest BCUT2D eigenvalue weighted by atomic mass is 9.83. The summed E-state index contributed by atoms with van der Waals surface area (Å²) < 4.78 is 0. The zero-order chi connectivity index (χ0) is 13.9. The van der Waals surface area contributed by atoms with Crippen LogP contribution >= 0.6 is 23.2 Å². The highest BCUT2D eigenvalue weighted by atomic mass is 35.5. The topological polar surface area (TPSA) is 42.0 Å². The van der Waals surface area contributed by atoms with Crippen molar-refractivity contribution in [3.8, 4) is 0 Å². The van der Waals surface area contributed by atoms with E-state index < -0.39 is 0 Å². The van der Waals surface area contributed by atoms with E-state index >= 15 is 0 Å². The molecule has 0 spiro atoms. The standard InChI is InChI=1S/C14H18Cl2N2O/c1-2-14(7-3-4-8-14)9-17-13(19)10-5-6-11(15)18-12(10)16/h5-6H,2-4,7-9H2,1H3,(H,17,19). The first-order chi connectivity index (χ1) is 9.06. The Kier molecular flexibility index (Phi) is 4.69. The Morgan fingerprint density at radius 3 is 2.63 bits per heavy atom. The van der Waals surface area contributed by atoms with Crippen LogP contribution < -0.4 is 5.32 Å². The molecule has 2 rings (SSSR count). The third kappa shape index (κ3) is 3.40. The zero-order valence-corrected chi connectivity index (χ0v) is 12.5. The third-order valence-electron chi connectivity index (χ3n) is 4.10. The summed E-state index contributed by atoms with van der Waals surface area (Å²) in [5.74, 6) is -0.172. The maximum Gasteiger partial charge on any atom is 0.254 e. The van der Waals surface area contributed by atoms with Gasteiger partial charge in [-0.3, -0.25) is 4.79 Å². The highest BCUT2D eigenvalue weighted by Gasteiger charge is 2.32. The minimum atomic E-state index is -0.172. The van der Waals surface area contributed by atoms with Crippen LogP contribution in [-0.2, 0) is 0 Å². The lowest BCUT2D eigenvalue weighted by Gasteiger charge is -2.27. The summed E-state index contributed by atoms with van der Waals surface area (Å²) in [6.07, 6.45) is 5.99. The molecule has 0 radical (unpaired) electrons. The number of hydrogen-bond donors (Lipinski definition) is 1. The molecule has 104 valence electrons. The number of nitrogens with one attached hydrogen (secondary N) is 1. The van der Waals surface area contributed by atoms with E-state index in [1.54, 1.807) is 12.1 Å². The van der Waals surface area contributed by atoms with Crippen molar-refractivity contribution >= 4 is 29.1 Å². The Labute approximate surface area is 123 Å². The van der Waals surface area contributed by atoms with Crippen molar-refractivity contribution < 1.29 is 4.79 Å². The molecule has 5 heteroatoms. The first-order valence-corrected chi connectivity index (χ1v) is 7.42. The van der Waals surface area contributed by atoms with Gasteiger partial charge in [0.2, 0.25) is 0 Å². The van der Waals surface area contributed by atoms with Gasteiger partial charge in [-0.2, -0.15) is 0 Å². The average molecular weight is 301 g/mol. The molecular weight excluding hydrogens is 283 g/mol. The summed E-state index contributed by atoms with van der Waals surface area (Å²) in [5, 5.41) is 3.43. The Hall–Kier alpha value is -0.800. The molecule has 3 nitrogen and oxygen atoms in total. The van der Waals surface area contributed by atoms with Crippen LogP contribution in [0.3, 0.4) is 0 Å². The number of carbonyl (C=O) groups excluding carboxylic acids is 1. The molecule has 1 fully saturated rings. The van der Waals surface area contributed by atoms with Gasteiger partial charge in [0.15, 0.2) is 0 Å². The second kappa shape index (κ2) is 6.10. The van der Waals surface area contributed by atoms with Crippen molar-refractivity contribution in [2.24, 2.45) is 5.41 Å². The highest BCUT2D eigenvalue weighted by molar-refractivity contribution is 6.34. The van der Waals surface area contributed by atoms with Crippen molar-refractivity contribution in [1.82, 2.24) is 10.3 Å². The predicted molar refractivity (Wildman–Crippen MR) is 77.8 cm³/mol. The quantitative estimate of drug-likeness (QED) is 0.851. The van der Waals surface area contributed by atoms with Gasteiger partial charge in [0.1, 0.15) is 10.3 Å². The molecule has 1 saturated carbocycles. The van der Waals surface area contributed by atoms with Gasteiger partial charge in [-0.1, -0.05) is 43.0 Å². The van der Waals surface area contributed by atoms with Crippen molar-refractivity contribution in [2.75, 3.05) is 6.54 Å². The first kappa shape index (κ1) is 14.6. The number of pyridine rings is 1. The predicted octanol–water partition coefficient (Wildman–Crippen LogP) is 4.09. The zero-order valence-electron chi connectivity index (χ0n) is 11.0. The van der Waals surface area contributed by atoms with Crippen LogP contribution in [0.5, 0.6) is 0 Å². The minimum Gasteiger partial charge on any atom is -0.351 e. The molecule has 1 aromatic heterocycles. The first-order valence-electron chi connectivity index (χ1n) is 6.66. The largest absolute Gasteiger partial charge is 0.351 e. The Balaban J connectivity index is 2.01. The number of nitrogens with zero attached hydrogens (tertiary/aromatic N) is 1. The lowest BCUT2D eigenvalue weighted by molar-refractivity contribution is 0.0928. The monoisotopic (exact) mass is 300 g/mol. The molecule has 1 aliphatic rings. The lowest BCUT2D eigenvalue weighted by Crippen LogP contribution is -2.35. The molecule has 0 bridgehead atoms. The van der Waals surface area contributed by atoms with Crippen LogP contribution in [-0.4, -0.2) is 17.4 Å². The molecule has 0 unspecified atom stereocenters. The Bertz CT molecular complexity index is 471. The van der Waals surface area contributed by atoms with Gasteiger partial charge in [-0.25, -0.2) is 4.98 Å². The molecule has 0 atom stereocenters. The van der Waals surface area contributed by atoms with Crippen LogP contribution in [0.25, 0.3) is 0 Å². The summed E-state index contributed by atoms with van der Waals surface area (Å²) in [7, 11) is 0. The van der Waals surface area contributed by atoms with Crippen molar-refractivity contribution in [3.05, 3.63) is 28.0 Å². The highest BCUT2D eigenvalue weighted by Crippen LogP contribution is 2.40. The van der Waals surface area contributed by atoms with E-state index in [2.05, 4.69) is 17.2 Å². The van der Waals surface area contributed by atoms with Gasteiger partial charge in [-0.05, 0) is 36.8 Å². The van der Waals surface area contributed by atoms with E-state index in [1.165, 1.54) is 25.7 Å². The summed E-state index contributed by atoms with van der Waals surface area (Å²) in [6, 6.07) is 3.19. The molecule has 1 N–H and O–H groups in total. The van der Waals surface area contributed by atoms with E-state index in [1.807, 2.05) is 0 Å². The SMILES string of the molecule is CCC1(CNC(=O)c2ccc(Cl)nc2Cl)CCCC1. The van der Waals surface area contributed by atoms with E-state index in [-0.39, 0.29) is 16.5 Å². The van der Waals surface area contributed by atoms with Crippen molar-refractivity contribution in [1.29, 1.82) is 0 Å². The minimum absolute atomic E-state index is 0.155. The van der Waals surface area contributed by atoms with Gasteiger partial charge in [0.25, 0.3) is 5.91 Å². The molecular formula is C14H18Cl2N2O.